The van der Waals surface area contributed by atoms with Crippen LogP contribution in [0.4, 0.5) is 0 Å². The average molecular weight is 683 g/mol. The van der Waals surface area contributed by atoms with E-state index in [1.807, 2.05) is 46.1 Å². The summed E-state index contributed by atoms with van der Waals surface area (Å²) in [7, 11) is 1.33. The number of esters is 1. The van der Waals surface area contributed by atoms with Crippen LogP contribution < -0.4 is 10.6 Å². The maximum Gasteiger partial charge on any atom is 0.328 e. The minimum atomic E-state index is -0.733. The first-order valence-corrected chi connectivity index (χ1v) is 18.0. The number of methoxy groups -OCH3 is 1. The van der Waals surface area contributed by atoms with E-state index in [9.17, 15) is 14.4 Å². The Hall–Kier alpha value is -4.66. The highest BCUT2D eigenvalue weighted by atomic mass is 32.2. The molecule has 1 heterocycles. The van der Waals surface area contributed by atoms with Gasteiger partial charge in [0.2, 0.25) is 11.8 Å². The molecule has 4 aromatic rings. The lowest BCUT2D eigenvalue weighted by atomic mass is 9.97. The molecule has 3 aromatic carbocycles. The molecule has 0 saturated heterocycles. The summed E-state index contributed by atoms with van der Waals surface area (Å²) in [6.07, 6.45) is 6.80. The summed E-state index contributed by atoms with van der Waals surface area (Å²) in [5.41, 5.74) is 3.44. The standard InChI is InChI=1S/C38H46N6O4S/c1-5-27(2)35(42-36(45)19-32-21-40-26-44(32)22-29-15-13-28(20-39)14-16-29)24-43(23-31-11-8-10-30-9-6-7-12-33(30)31)25-37(46)41-34(17-18-49-4)38(47)48-3/h6-16,21,26-27,34-35H,5,17-19,22-25H2,1-4H3,(H,41,46)(H,42,45)/t27?,34-,35+/m0/s1. The van der Waals surface area contributed by atoms with E-state index >= 15 is 0 Å². The number of benzene rings is 3. The lowest BCUT2D eigenvalue weighted by molar-refractivity contribution is -0.145. The number of nitriles is 1. The molecular formula is C38H46N6O4S. The molecule has 3 atom stereocenters. The molecule has 1 unspecified atom stereocenters. The number of rotatable bonds is 18. The maximum absolute atomic E-state index is 13.6. The number of hydrogen-bond donors (Lipinski definition) is 2. The summed E-state index contributed by atoms with van der Waals surface area (Å²) in [5.74, 6) is -0.0584. The number of carbonyl (C=O) groups excluding carboxylic acids is 3. The third kappa shape index (κ3) is 10.9. The van der Waals surface area contributed by atoms with E-state index in [4.69, 9.17) is 10.00 Å². The van der Waals surface area contributed by atoms with Crippen molar-refractivity contribution < 1.29 is 19.1 Å². The Morgan fingerprint density at radius 3 is 2.51 bits per heavy atom. The highest BCUT2D eigenvalue weighted by Gasteiger charge is 2.26. The number of imidazole rings is 1. The lowest BCUT2D eigenvalue weighted by Crippen LogP contribution is -2.51. The first-order chi connectivity index (χ1) is 23.7. The van der Waals surface area contributed by atoms with Gasteiger partial charge in [0.05, 0.1) is 38.0 Å². The van der Waals surface area contributed by atoms with E-state index in [1.165, 1.54) is 7.11 Å². The van der Waals surface area contributed by atoms with E-state index < -0.39 is 12.0 Å². The molecule has 258 valence electrons. The number of thioether (sulfide) groups is 1. The molecule has 0 aliphatic carbocycles. The Kier molecular flexibility index (Phi) is 14.2. The smallest absolute Gasteiger partial charge is 0.328 e. The fourth-order valence-electron chi connectivity index (χ4n) is 5.80. The van der Waals surface area contributed by atoms with Gasteiger partial charge in [0.1, 0.15) is 6.04 Å². The molecule has 11 heteroatoms. The molecule has 4 rings (SSSR count). The summed E-state index contributed by atoms with van der Waals surface area (Å²) in [6, 6.07) is 22.8. The number of hydrogen-bond acceptors (Lipinski definition) is 8. The zero-order chi connectivity index (χ0) is 35.2. The summed E-state index contributed by atoms with van der Waals surface area (Å²) >= 11 is 1.60. The number of amides is 2. The largest absolute Gasteiger partial charge is 0.467 e. The summed E-state index contributed by atoms with van der Waals surface area (Å²) in [4.78, 5) is 45.9. The molecule has 0 saturated carbocycles. The van der Waals surface area contributed by atoms with Crippen molar-refractivity contribution in [2.45, 2.75) is 58.3 Å². The van der Waals surface area contributed by atoms with Crippen LogP contribution >= 0.6 is 11.8 Å². The van der Waals surface area contributed by atoms with Crippen molar-refractivity contribution in [3.8, 4) is 6.07 Å². The second-order valence-electron chi connectivity index (χ2n) is 12.3. The first kappa shape index (κ1) is 37.2. The predicted octanol–water partition coefficient (Wildman–Crippen LogP) is 4.94. The van der Waals surface area contributed by atoms with Crippen LogP contribution in [0.5, 0.6) is 0 Å². The molecule has 0 radical (unpaired) electrons. The summed E-state index contributed by atoms with van der Waals surface area (Å²) in [6.45, 7) is 5.66. The molecule has 1 aromatic heterocycles. The van der Waals surface area contributed by atoms with E-state index in [0.717, 1.165) is 34.0 Å². The molecule has 49 heavy (non-hydrogen) atoms. The third-order valence-electron chi connectivity index (χ3n) is 8.78. The molecule has 0 fully saturated rings. The van der Waals surface area contributed by atoms with Crippen molar-refractivity contribution in [1.29, 1.82) is 5.26 Å². The van der Waals surface area contributed by atoms with Crippen molar-refractivity contribution in [3.05, 3.63) is 102 Å². The molecule has 2 N–H and O–H groups in total. The van der Waals surface area contributed by atoms with Gasteiger partial charge < -0.3 is 19.9 Å². The lowest BCUT2D eigenvalue weighted by Gasteiger charge is -2.32. The van der Waals surface area contributed by atoms with Gasteiger partial charge in [-0.25, -0.2) is 9.78 Å². The zero-order valence-electron chi connectivity index (χ0n) is 28.7. The van der Waals surface area contributed by atoms with Crippen LogP contribution in [0.3, 0.4) is 0 Å². The summed E-state index contributed by atoms with van der Waals surface area (Å²) in [5, 5.41) is 17.5. The number of ether oxygens (including phenoxy) is 1. The summed E-state index contributed by atoms with van der Waals surface area (Å²) < 4.78 is 6.90. The Morgan fingerprint density at radius 1 is 1.04 bits per heavy atom. The van der Waals surface area contributed by atoms with E-state index in [0.29, 0.717) is 37.4 Å². The highest BCUT2D eigenvalue weighted by molar-refractivity contribution is 7.98. The van der Waals surface area contributed by atoms with Crippen LogP contribution in [-0.4, -0.2) is 76.5 Å². The van der Waals surface area contributed by atoms with Gasteiger partial charge in [0, 0.05) is 37.6 Å². The Labute approximate surface area is 293 Å². The fraction of sp³-hybridized carbons (Fsp3) is 0.395. The molecule has 0 spiro atoms. The monoisotopic (exact) mass is 682 g/mol. The quantitative estimate of drug-likeness (QED) is 0.141. The van der Waals surface area contributed by atoms with E-state index in [1.54, 1.807) is 36.4 Å². The second-order valence-corrected chi connectivity index (χ2v) is 13.3. The van der Waals surface area contributed by atoms with Crippen LogP contribution in [0.2, 0.25) is 0 Å². The molecule has 10 nitrogen and oxygen atoms in total. The fourth-order valence-corrected chi connectivity index (χ4v) is 6.27. The van der Waals surface area contributed by atoms with E-state index in [2.05, 4.69) is 59.8 Å². The number of aromatic nitrogens is 2. The maximum atomic E-state index is 13.6. The minimum Gasteiger partial charge on any atom is -0.467 e. The minimum absolute atomic E-state index is 0.0378. The number of carbonyl (C=O) groups is 3. The van der Waals surface area contributed by atoms with Gasteiger partial charge in [-0.1, -0.05) is 74.9 Å². The number of fused-ring (bicyclic) bond motifs is 1. The van der Waals surface area contributed by atoms with Gasteiger partial charge in [-0.3, -0.25) is 14.5 Å². The Bertz CT molecular complexity index is 1730. The van der Waals surface area contributed by atoms with Crippen LogP contribution in [0, 0.1) is 17.2 Å². The van der Waals surface area contributed by atoms with Crippen molar-refractivity contribution in [1.82, 2.24) is 25.1 Å². The van der Waals surface area contributed by atoms with Gasteiger partial charge in [-0.05, 0) is 58.4 Å². The molecule has 0 aliphatic heterocycles. The van der Waals surface area contributed by atoms with Crippen molar-refractivity contribution in [3.63, 3.8) is 0 Å². The van der Waals surface area contributed by atoms with Crippen LogP contribution in [-0.2, 0) is 38.6 Å². The average Bonchev–Trinajstić information content (AvgIpc) is 3.54. The van der Waals surface area contributed by atoms with Crippen LogP contribution in [0.15, 0.2) is 79.3 Å². The Morgan fingerprint density at radius 2 is 1.80 bits per heavy atom. The second kappa shape index (κ2) is 18.8. The van der Waals surface area contributed by atoms with Crippen LogP contribution in [0.1, 0.15) is 49.1 Å². The third-order valence-corrected chi connectivity index (χ3v) is 9.42. The number of nitrogens with zero attached hydrogens (tertiary/aromatic N) is 4. The molecule has 0 aliphatic rings. The van der Waals surface area contributed by atoms with E-state index in [-0.39, 0.29) is 36.7 Å². The number of nitrogens with one attached hydrogen (secondary N) is 2. The predicted molar refractivity (Wildman–Crippen MR) is 194 cm³/mol. The normalized spacial score (nSPS) is 13.0. The van der Waals surface area contributed by atoms with Gasteiger partial charge >= 0.3 is 5.97 Å². The van der Waals surface area contributed by atoms with Crippen molar-refractivity contribution >= 4 is 40.3 Å². The van der Waals surface area contributed by atoms with Gasteiger partial charge in [0.15, 0.2) is 0 Å². The SMILES string of the molecule is CCC(C)[C@@H](CN(CC(=O)N[C@@H](CCSC)C(=O)OC)Cc1cccc2ccccc12)NC(=O)Cc1cncn1Cc1ccc(C#N)cc1. The molecular weight excluding hydrogens is 637 g/mol. The Balaban J connectivity index is 1.52. The molecule has 2 amide bonds. The van der Waals surface area contributed by atoms with Gasteiger partial charge in [-0.2, -0.15) is 17.0 Å². The molecule has 0 bridgehead atoms. The van der Waals surface area contributed by atoms with Crippen molar-refractivity contribution in [2.24, 2.45) is 5.92 Å². The van der Waals surface area contributed by atoms with Gasteiger partial charge in [0.25, 0.3) is 0 Å². The topological polar surface area (TPSA) is 129 Å². The first-order valence-electron chi connectivity index (χ1n) is 16.6. The van der Waals surface area contributed by atoms with Gasteiger partial charge in [-0.15, -0.1) is 0 Å². The zero-order valence-corrected chi connectivity index (χ0v) is 29.5. The van der Waals surface area contributed by atoms with Crippen LogP contribution in [0.25, 0.3) is 10.8 Å². The van der Waals surface area contributed by atoms with Crippen molar-refractivity contribution in [2.75, 3.05) is 32.2 Å². The highest BCUT2D eigenvalue weighted by Crippen LogP contribution is 2.21.